The molecule has 0 heterocycles. The smallest absolute Gasteiger partial charge is 0.408 e. The number of phenolic OH excluding ortho intramolecular Hbond substituents is 1. The molecule has 0 aliphatic heterocycles. The predicted molar refractivity (Wildman–Crippen MR) is 155 cm³/mol. The highest BCUT2D eigenvalue weighted by molar-refractivity contribution is 5.92. The van der Waals surface area contributed by atoms with Crippen molar-refractivity contribution in [2.24, 2.45) is 0 Å². The van der Waals surface area contributed by atoms with E-state index in [0.29, 0.717) is 11.1 Å². The zero-order chi connectivity index (χ0) is 30.7. The molecular weight excluding hydrogens is 526 g/mol. The fraction of sp³-hybridized carbons (Fsp3) is 0.484. The lowest BCUT2D eigenvalue weighted by atomic mass is 9.97. The summed E-state index contributed by atoms with van der Waals surface area (Å²) in [5, 5.41) is 15.1. The molecule has 0 fully saturated rings. The highest BCUT2D eigenvalue weighted by Gasteiger charge is 2.35. The van der Waals surface area contributed by atoms with Crippen molar-refractivity contribution in [2.45, 2.75) is 79.0 Å². The number of rotatable bonds is 12. The topological polar surface area (TPSA) is 134 Å². The van der Waals surface area contributed by atoms with Crippen LogP contribution in [0.25, 0.3) is 0 Å². The van der Waals surface area contributed by atoms with Gasteiger partial charge in [0.25, 0.3) is 0 Å². The van der Waals surface area contributed by atoms with Gasteiger partial charge in [-0.1, -0.05) is 30.3 Å². The molecule has 0 aromatic heterocycles. The Balaban J connectivity index is 2.45. The molecule has 0 aliphatic rings. The highest BCUT2D eigenvalue weighted by Crippen LogP contribution is 2.25. The summed E-state index contributed by atoms with van der Waals surface area (Å²) in [5.41, 5.74) is 2.47. The summed E-state index contributed by atoms with van der Waals surface area (Å²) in [5.74, 6) is -1.32. The molecule has 2 rings (SSSR count). The first kappa shape index (κ1) is 33.1. The van der Waals surface area contributed by atoms with Crippen molar-refractivity contribution in [2.75, 3.05) is 19.7 Å². The van der Waals surface area contributed by atoms with E-state index in [9.17, 15) is 24.3 Å². The third kappa shape index (κ3) is 10.4. The number of hydrogen-bond donors (Lipinski definition) is 3. The Labute approximate surface area is 242 Å². The first-order valence-corrected chi connectivity index (χ1v) is 13.8. The van der Waals surface area contributed by atoms with Gasteiger partial charge in [0.15, 0.2) is 0 Å². The fourth-order valence-corrected chi connectivity index (χ4v) is 4.21. The Bertz CT molecular complexity index is 1210. The number of benzene rings is 2. The molecule has 2 atom stereocenters. The molecule has 0 aliphatic carbocycles. The van der Waals surface area contributed by atoms with E-state index >= 15 is 0 Å². The van der Waals surface area contributed by atoms with Crippen LogP contribution in [0.5, 0.6) is 5.75 Å². The second-order valence-electron chi connectivity index (χ2n) is 10.8. The van der Waals surface area contributed by atoms with Gasteiger partial charge in [0.05, 0.1) is 13.0 Å². The largest absolute Gasteiger partial charge is 0.508 e. The number of alkyl carbamates (subject to hydrolysis) is 1. The fourth-order valence-electron chi connectivity index (χ4n) is 4.21. The van der Waals surface area contributed by atoms with Crippen LogP contribution in [0.15, 0.2) is 42.5 Å². The molecule has 3 amide bonds. The van der Waals surface area contributed by atoms with Gasteiger partial charge in [-0.05, 0) is 82.9 Å². The summed E-state index contributed by atoms with van der Waals surface area (Å²) in [6, 6.07) is 9.74. The van der Waals surface area contributed by atoms with Gasteiger partial charge in [-0.25, -0.2) is 4.79 Å². The Hall–Kier alpha value is -4.08. The second kappa shape index (κ2) is 15.1. The van der Waals surface area contributed by atoms with Crippen LogP contribution in [0.1, 0.15) is 69.3 Å². The standard InChI is InChI=1S/C31H43N3O7/c1-8-34(27(23-13-10-20(3)21(4)18-23)28(37)32-17-16-26(36)40-9-2)29(38)25(33-30(39)41-31(5,6)7)19-22-11-14-24(35)15-12-22/h10-15,18,25,27,35H,8-9,16-17,19H2,1-7H3,(H,32,37)(H,33,39). The minimum absolute atomic E-state index is 0.0109. The van der Waals surface area contributed by atoms with Crippen LogP contribution in [-0.4, -0.2) is 65.2 Å². The summed E-state index contributed by atoms with van der Waals surface area (Å²) in [4.78, 5) is 53.8. The van der Waals surface area contributed by atoms with Gasteiger partial charge < -0.3 is 30.1 Å². The van der Waals surface area contributed by atoms with Crippen LogP contribution in [0, 0.1) is 13.8 Å². The second-order valence-corrected chi connectivity index (χ2v) is 10.8. The number of nitrogens with zero attached hydrogens (tertiary/aromatic N) is 1. The number of likely N-dealkylation sites (N-methyl/N-ethyl adjacent to an activating group) is 1. The van der Waals surface area contributed by atoms with Crippen molar-refractivity contribution < 1.29 is 33.8 Å². The Morgan fingerprint density at radius 3 is 2.20 bits per heavy atom. The van der Waals surface area contributed by atoms with E-state index in [1.807, 2.05) is 26.0 Å². The first-order chi connectivity index (χ1) is 19.2. The van der Waals surface area contributed by atoms with Crippen molar-refractivity contribution in [3.8, 4) is 5.75 Å². The van der Waals surface area contributed by atoms with Crippen LogP contribution < -0.4 is 10.6 Å². The lowest BCUT2D eigenvalue weighted by Crippen LogP contribution is -2.53. The number of phenols is 1. The number of carbonyl (C=O) groups is 4. The molecule has 224 valence electrons. The Morgan fingerprint density at radius 2 is 1.63 bits per heavy atom. The summed E-state index contributed by atoms with van der Waals surface area (Å²) in [6.07, 6.45) is -0.686. The van der Waals surface area contributed by atoms with Crippen molar-refractivity contribution in [1.29, 1.82) is 0 Å². The van der Waals surface area contributed by atoms with Crippen molar-refractivity contribution >= 4 is 23.9 Å². The third-order valence-corrected chi connectivity index (χ3v) is 6.33. The van der Waals surface area contributed by atoms with Gasteiger partial charge in [-0.15, -0.1) is 0 Å². The molecule has 0 saturated heterocycles. The van der Waals surface area contributed by atoms with Gasteiger partial charge >= 0.3 is 12.1 Å². The minimum atomic E-state index is -1.07. The average molecular weight is 570 g/mol. The van der Waals surface area contributed by atoms with Gasteiger partial charge in [-0.2, -0.15) is 0 Å². The molecule has 2 unspecified atom stereocenters. The zero-order valence-corrected chi connectivity index (χ0v) is 25.1. The lowest BCUT2D eigenvalue weighted by molar-refractivity contribution is -0.144. The maximum Gasteiger partial charge on any atom is 0.408 e. The molecule has 0 bridgehead atoms. The first-order valence-electron chi connectivity index (χ1n) is 13.8. The van der Waals surface area contributed by atoms with E-state index < -0.39 is 41.6 Å². The number of hydrogen-bond acceptors (Lipinski definition) is 7. The maximum absolute atomic E-state index is 14.1. The zero-order valence-electron chi connectivity index (χ0n) is 25.1. The number of esters is 1. The third-order valence-electron chi connectivity index (χ3n) is 6.33. The molecule has 0 radical (unpaired) electrons. The van der Waals surface area contributed by atoms with E-state index in [-0.39, 0.29) is 38.3 Å². The molecule has 10 nitrogen and oxygen atoms in total. The normalized spacial score (nSPS) is 12.6. The van der Waals surface area contributed by atoms with Gasteiger partial charge in [-0.3, -0.25) is 14.4 Å². The quantitative estimate of drug-likeness (QED) is 0.328. The van der Waals surface area contributed by atoms with E-state index in [4.69, 9.17) is 9.47 Å². The number of aryl methyl sites for hydroxylation is 2. The summed E-state index contributed by atoms with van der Waals surface area (Å²) in [7, 11) is 0. The van der Waals surface area contributed by atoms with Crippen molar-refractivity contribution in [1.82, 2.24) is 15.5 Å². The molecule has 10 heteroatoms. The van der Waals surface area contributed by atoms with Gasteiger partial charge in [0.1, 0.15) is 23.4 Å². The summed E-state index contributed by atoms with van der Waals surface area (Å²) < 4.78 is 10.4. The number of carbonyl (C=O) groups excluding carboxylic acids is 4. The molecule has 41 heavy (non-hydrogen) atoms. The highest BCUT2D eigenvalue weighted by atomic mass is 16.6. The van der Waals surface area contributed by atoms with E-state index in [1.54, 1.807) is 52.8 Å². The Kier molecular flexibility index (Phi) is 12.2. The summed E-state index contributed by atoms with van der Waals surface area (Å²) >= 11 is 0. The van der Waals surface area contributed by atoms with Crippen LogP contribution in [-0.2, 0) is 30.3 Å². The number of aromatic hydroxyl groups is 1. The number of nitrogens with one attached hydrogen (secondary N) is 2. The number of ether oxygens (including phenoxy) is 2. The molecular formula is C31H43N3O7. The summed E-state index contributed by atoms with van der Waals surface area (Å²) in [6.45, 7) is 12.9. The molecule has 2 aromatic carbocycles. The van der Waals surface area contributed by atoms with Crippen LogP contribution in [0.3, 0.4) is 0 Å². The lowest BCUT2D eigenvalue weighted by Gasteiger charge is -2.34. The average Bonchev–Trinajstić information content (AvgIpc) is 2.88. The molecule has 0 saturated carbocycles. The van der Waals surface area contributed by atoms with E-state index in [1.165, 1.54) is 17.0 Å². The molecule has 0 spiro atoms. The molecule has 3 N–H and O–H groups in total. The van der Waals surface area contributed by atoms with Gasteiger partial charge in [0.2, 0.25) is 11.8 Å². The van der Waals surface area contributed by atoms with Crippen LogP contribution in [0.4, 0.5) is 4.79 Å². The van der Waals surface area contributed by atoms with E-state index in [0.717, 1.165) is 11.1 Å². The number of amides is 3. The monoisotopic (exact) mass is 569 g/mol. The van der Waals surface area contributed by atoms with Crippen molar-refractivity contribution in [3.05, 3.63) is 64.7 Å². The van der Waals surface area contributed by atoms with Gasteiger partial charge in [0, 0.05) is 19.5 Å². The van der Waals surface area contributed by atoms with Crippen molar-refractivity contribution in [3.63, 3.8) is 0 Å². The SMILES string of the molecule is CCOC(=O)CCNC(=O)C(c1ccc(C)c(C)c1)N(CC)C(=O)C(Cc1ccc(O)cc1)NC(=O)OC(C)(C)C. The Morgan fingerprint density at radius 1 is 0.976 bits per heavy atom. The maximum atomic E-state index is 14.1. The van der Waals surface area contributed by atoms with E-state index in [2.05, 4.69) is 10.6 Å². The minimum Gasteiger partial charge on any atom is -0.508 e. The van der Waals surface area contributed by atoms with Crippen LogP contribution in [0.2, 0.25) is 0 Å². The predicted octanol–water partition coefficient (Wildman–Crippen LogP) is 4.10. The van der Waals surface area contributed by atoms with Crippen LogP contribution >= 0.6 is 0 Å². The molecule has 2 aromatic rings.